The summed E-state index contributed by atoms with van der Waals surface area (Å²) >= 11 is 3.34. The van der Waals surface area contributed by atoms with Crippen molar-refractivity contribution in [1.82, 2.24) is 19.9 Å². The first kappa shape index (κ1) is 24.4. The molecule has 3 rings (SSSR count). The Morgan fingerprint density at radius 2 is 2.00 bits per heavy atom. The van der Waals surface area contributed by atoms with E-state index in [1.807, 2.05) is 0 Å². The third-order valence-corrected chi connectivity index (χ3v) is 5.23. The van der Waals surface area contributed by atoms with Crippen LogP contribution in [0.2, 0.25) is 0 Å². The second-order valence-corrected chi connectivity index (χ2v) is 8.22. The van der Waals surface area contributed by atoms with Crippen LogP contribution >= 0.6 is 15.9 Å². The molecule has 0 atom stereocenters. The number of pyridine rings is 1. The number of nitrogens with one attached hydrogen (secondary N) is 2. The summed E-state index contributed by atoms with van der Waals surface area (Å²) in [5.41, 5.74) is 0.245. The molecule has 33 heavy (non-hydrogen) atoms. The smallest absolute Gasteiger partial charge is 0.263 e. The van der Waals surface area contributed by atoms with Gasteiger partial charge in [0.1, 0.15) is 11.4 Å². The topological polar surface area (TPSA) is 98.1 Å². The average molecular weight is 518 g/mol. The molecular weight excluding hydrogens is 493 g/mol. The van der Waals surface area contributed by atoms with Crippen molar-refractivity contribution < 1.29 is 13.9 Å². The second-order valence-electron chi connectivity index (χ2n) is 7.30. The van der Waals surface area contributed by atoms with Crippen LogP contribution in [-0.4, -0.2) is 40.6 Å². The van der Waals surface area contributed by atoms with Gasteiger partial charge < -0.3 is 19.9 Å². The fourth-order valence-electron chi connectivity index (χ4n) is 3.18. The Kier molecular flexibility index (Phi) is 8.94. The van der Waals surface area contributed by atoms with E-state index in [4.69, 9.17) is 4.74 Å². The monoisotopic (exact) mass is 517 g/mol. The third kappa shape index (κ3) is 7.38. The molecule has 0 aliphatic heterocycles. The number of anilines is 1. The molecule has 1 amide bonds. The van der Waals surface area contributed by atoms with Crippen LogP contribution in [0.1, 0.15) is 35.2 Å². The molecule has 0 saturated heterocycles. The van der Waals surface area contributed by atoms with Crippen molar-refractivity contribution in [2.45, 2.75) is 25.8 Å². The number of unbranched alkanes of at least 4 members (excludes halogenated alkanes) is 2. The van der Waals surface area contributed by atoms with E-state index in [0.29, 0.717) is 35.0 Å². The fraction of sp³-hybridized carbons (Fsp3) is 0.304. The number of carbonyl (C=O) groups excluding carboxylic acids is 1. The van der Waals surface area contributed by atoms with Gasteiger partial charge in [-0.05, 0) is 59.0 Å². The lowest BCUT2D eigenvalue weighted by molar-refractivity contribution is 0.0950. The number of halogens is 2. The Bertz CT molecular complexity index is 1150. The van der Waals surface area contributed by atoms with Crippen molar-refractivity contribution in [3.8, 4) is 5.88 Å². The fourth-order valence-corrected chi connectivity index (χ4v) is 3.65. The molecule has 2 N–H and O–H groups in total. The Morgan fingerprint density at radius 3 is 2.79 bits per heavy atom. The van der Waals surface area contributed by atoms with Crippen LogP contribution in [0.5, 0.6) is 5.88 Å². The van der Waals surface area contributed by atoms with Gasteiger partial charge in [0, 0.05) is 36.0 Å². The summed E-state index contributed by atoms with van der Waals surface area (Å²) in [6.45, 7) is 1.31. The zero-order chi connectivity index (χ0) is 23.6. The van der Waals surface area contributed by atoms with Gasteiger partial charge in [-0.15, -0.1) is 0 Å². The van der Waals surface area contributed by atoms with E-state index in [1.54, 1.807) is 37.7 Å². The average Bonchev–Trinajstić information content (AvgIpc) is 2.80. The first-order valence-electron chi connectivity index (χ1n) is 10.5. The Hall–Kier alpha value is -3.27. The lowest BCUT2D eigenvalue weighted by Crippen LogP contribution is -2.33. The molecule has 0 unspecified atom stereocenters. The third-order valence-electron chi connectivity index (χ3n) is 4.80. The maximum absolute atomic E-state index is 13.4. The molecule has 0 saturated carbocycles. The number of carbonyl (C=O) groups is 1. The first-order valence-corrected chi connectivity index (χ1v) is 11.3. The van der Waals surface area contributed by atoms with Crippen LogP contribution in [-0.2, 0) is 6.54 Å². The minimum absolute atomic E-state index is 0.0395. The van der Waals surface area contributed by atoms with Gasteiger partial charge in [-0.1, -0.05) is 12.1 Å². The normalized spacial score (nSPS) is 10.6. The minimum Gasteiger partial charge on any atom is -0.481 e. The van der Waals surface area contributed by atoms with Crippen LogP contribution < -0.4 is 20.9 Å². The molecule has 0 radical (unpaired) electrons. The van der Waals surface area contributed by atoms with Crippen molar-refractivity contribution in [1.29, 1.82) is 0 Å². The zero-order valence-electron chi connectivity index (χ0n) is 18.2. The lowest BCUT2D eigenvalue weighted by atomic mass is 10.2. The van der Waals surface area contributed by atoms with E-state index in [-0.39, 0.29) is 17.9 Å². The highest BCUT2D eigenvalue weighted by molar-refractivity contribution is 9.10. The summed E-state index contributed by atoms with van der Waals surface area (Å²) in [4.78, 5) is 33.6. The van der Waals surface area contributed by atoms with Gasteiger partial charge in [-0.3, -0.25) is 9.59 Å². The molecule has 0 aliphatic rings. The number of amides is 1. The number of aromatic nitrogens is 3. The largest absolute Gasteiger partial charge is 0.481 e. The lowest BCUT2D eigenvalue weighted by Gasteiger charge is -2.10. The van der Waals surface area contributed by atoms with E-state index >= 15 is 0 Å². The summed E-state index contributed by atoms with van der Waals surface area (Å²) < 4.78 is 20.5. The number of methoxy groups -OCH3 is 1. The van der Waals surface area contributed by atoms with Crippen molar-refractivity contribution in [2.75, 3.05) is 25.5 Å². The molecule has 10 heteroatoms. The predicted octanol–water partition coefficient (Wildman–Crippen LogP) is 3.61. The van der Waals surface area contributed by atoms with Crippen LogP contribution in [0.4, 0.5) is 10.3 Å². The number of hydrogen-bond acceptors (Lipinski definition) is 6. The number of ether oxygens (including phenoxy) is 1. The van der Waals surface area contributed by atoms with Gasteiger partial charge in [0.2, 0.25) is 11.8 Å². The number of rotatable bonds is 11. The standard InChI is InChI=1S/C23H25BrFN5O3/c1-33-20-8-11-28-23(29-20)27-10-4-2-3-9-26-21(31)19-13-17(24)15-30(22(19)32)14-16-6-5-7-18(25)12-16/h5-8,11-13,15H,2-4,9-10,14H2,1H3,(H,26,31)(H,27,28,29). The van der Waals surface area contributed by atoms with Crippen LogP contribution in [0.15, 0.2) is 58.1 Å². The minimum atomic E-state index is -0.433. The van der Waals surface area contributed by atoms with Crippen molar-refractivity contribution in [3.63, 3.8) is 0 Å². The molecule has 0 aliphatic carbocycles. The van der Waals surface area contributed by atoms with Crippen molar-refractivity contribution in [2.24, 2.45) is 0 Å². The van der Waals surface area contributed by atoms with Gasteiger partial charge in [0.05, 0.1) is 13.7 Å². The maximum Gasteiger partial charge on any atom is 0.263 e. The van der Waals surface area contributed by atoms with Gasteiger partial charge in [0.25, 0.3) is 11.5 Å². The second kappa shape index (κ2) is 12.1. The molecule has 174 valence electrons. The van der Waals surface area contributed by atoms with Crippen molar-refractivity contribution >= 4 is 27.8 Å². The summed E-state index contributed by atoms with van der Waals surface area (Å²) in [5, 5.41) is 5.92. The van der Waals surface area contributed by atoms with Crippen LogP contribution in [0.3, 0.4) is 0 Å². The quantitative estimate of drug-likeness (QED) is 0.377. The van der Waals surface area contributed by atoms with Crippen LogP contribution in [0, 0.1) is 5.82 Å². The predicted molar refractivity (Wildman–Crippen MR) is 127 cm³/mol. The molecule has 0 spiro atoms. The first-order chi connectivity index (χ1) is 16.0. The summed E-state index contributed by atoms with van der Waals surface area (Å²) in [7, 11) is 1.55. The van der Waals surface area contributed by atoms with Crippen LogP contribution in [0.25, 0.3) is 0 Å². The molecular formula is C23H25BrFN5O3. The van der Waals surface area contributed by atoms with Crippen molar-refractivity contribution in [3.05, 3.63) is 80.6 Å². The van der Waals surface area contributed by atoms with E-state index < -0.39 is 11.5 Å². The molecule has 2 aromatic heterocycles. The molecule has 2 heterocycles. The van der Waals surface area contributed by atoms with E-state index in [1.165, 1.54) is 22.8 Å². The molecule has 0 bridgehead atoms. The number of benzene rings is 1. The summed E-state index contributed by atoms with van der Waals surface area (Å²) in [6, 6.07) is 9.19. The molecule has 3 aromatic rings. The molecule has 8 nitrogen and oxygen atoms in total. The van der Waals surface area contributed by atoms with Gasteiger partial charge in [0.15, 0.2) is 0 Å². The van der Waals surface area contributed by atoms with E-state index in [0.717, 1.165) is 19.3 Å². The molecule has 0 fully saturated rings. The Balaban J connectivity index is 1.46. The highest BCUT2D eigenvalue weighted by atomic mass is 79.9. The zero-order valence-corrected chi connectivity index (χ0v) is 19.8. The van der Waals surface area contributed by atoms with E-state index in [2.05, 4.69) is 36.5 Å². The van der Waals surface area contributed by atoms with Gasteiger partial charge in [-0.25, -0.2) is 9.37 Å². The summed E-state index contributed by atoms with van der Waals surface area (Å²) in [5.74, 6) is 0.196. The van der Waals surface area contributed by atoms with Gasteiger partial charge in [-0.2, -0.15) is 4.98 Å². The van der Waals surface area contributed by atoms with Gasteiger partial charge >= 0.3 is 0 Å². The molecule has 1 aromatic carbocycles. The highest BCUT2D eigenvalue weighted by Gasteiger charge is 2.14. The Morgan fingerprint density at radius 1 is 1.18 bits per heavy atom. The SMILES string of the molecule is COc1ccnc(NCCCCCNC(=O)c2cc(Br)cn(Cc3cccc(F)c3)c2=O)n1. The highest BCUT2D eigenvalue weighted by Crippen LogP contribution is 2.12. The summed E-state index contributed by atoms with van der Waals surface area (Å²) in [6.07, 6.45) is 5.71. The maximum atomic E-state index is 13.4. The number of hydrogen-bond donors (Lipinski definition) is 2. The van der Waals surface area contributed by atoms with E-state index in [9.17, 15) is 14.0 Å². The Labute approximate surface area is 199 Å². The number of nitrogens with zero attached hydrogens (tertiary/aromatic N) is 3.